The maximum atomic E-state index is 11.4. The van der Waals surface area contributed by atoms with Gasteiger partial charge in [0.2, 0.25) is 0 Å². The van der Waals surface area contributed by atoms with Gasteiger partial charge in [0.15, 0.2) is 9.84 Å². The molecule has 1 heterocycles. The van der Waals surface area contributed by atoms with Crippen LogP contribution < -0.4 is 5.73 Å². The molecule has 0 radical (unpaired) electrons. The van der Waals surface area contributed by atoms with Gasteiger partial charge in [0.25, 0.3) is 0 Å². The van der Waals surface area contributed by atoms with E-state index >= 15 is 0 Å². The number of ether oxygens (including phenoxy) is 1. The first kappa shape index (κ1) is 12.1. The zero-order valence-corrected chi connectivity index (χ0v) is 10.4. The molecule has 1 aliphatic rings. The van der Waals surface area contributed by atoms with Gasteiger partial charge in [-0.1, -0.05) is 12.1 Å². The van der Waals surface area contributed by atoms with Crippen molar-refractivity contribution in [3.8, 4) is 0 Å². The van der Waals surface area contributed by atoms with Gasteiger partial charge < -0.3 is 10.5 Å². The minimum atomic E-state index is -3.20. The lowest BCUT2D eigenvalue weighted by Crippen LogP contribution is -2.14. The number of rotatable bonds is 3. The Balaban J connectivity index is 2.33. The SMILES string of the molecule is CS(=O)(=O)c1cccc(C(N)C2=CCCO2)c1. The Labute approximate surface area is 101 Å². The van der Waals surface area contributed by atoms with Crippen molar-refractivity contribution in [1.82, 2.24) is 0 Å². The first-order valence-corrected chi connectivity index (χ1v) is 7.26. The van der Waals surface area contributed by atoms with Gasteiger partial charge in [-0.25, -0.2) is 8.42 Å². The molecule has 0 saturated heterocycles. The zero-order chi connectivity index (χ0) is 12.5. The molecule has 5 heteroatoms. The summed E-state index contributed by atoms with van der Waals surface area (Å²) < 4.78 is 28.3. The second kappa shape index (κ2) is 4.50. The number of hydrogen-bond donors (Lipinski definition) is 1. The summed E-state index contributed by atoms with van der Waals surface area (Å²) in [6, 6.07) is 6.28. The molecular weight excluding hydrogens is 238 g/mol. The van der Waals surface area contributed by atoms with E-state index in [1.54, 1.807) is 18.2 Å². The van der Waals surface area contributed by atoms with Crippen LogP contribution in [0.3, 0.4) is 0 Å². The highest BCUT2D eigenvalue weighted by Gasteiger charge is 2.18. The Morgan fingerprint density at radius 3 is 2.76 bits per heavy atom. The van der Waals surface area contributed by atoms with E-state index in [0.29, 0.717) is 6.61 Å². The molecule has 1 atom stereocenters. The summed E-state index contributed by atoms with van der Waals surface area (Å²) in [4.78, 5) is 0.282. The molecule has 1 unspecified atom stereocenters. The van der Waals surface area contributed by atoms with Crippen LogP contribution in [0.1, 0.15) is 18.0 Å². The Morgan fingerprint density at radius 1 is 1.41 bits per heavy atom. The summed E-state index contributed by atoms with van der Waals surface area (Å²) in [6.07, 6.45) is 3.98. The first-order chi connectivity index (χ1) is 7.98. The van der Waals surface area contributed by atoms with E-state index in [1.165, 1.54) is 6.26 Å². The lowest BCUT2D eigenvalue weighted by Gasteiger charge is -2.14. The molecule has 0 aromatic heterocycles. The summed E-state index contributed by atoms with van der Waals surface area (Å²) in [5, 5.41) is 0. The number of hydrogen-bond acceptors (Lipinski definition) is 4. The largest absolute Gasteiger partial charge is 0.496 e. The Kier molecular flexibility index (Phi) is 3.22. The average molecular weight is 253 g/mol. The van der Waals surface area contributed by atoms with Crippen LogP contribution in [0.2, 0.25) is 0 Å². The summed E-state index contributed by atoms with van der Waals surface area (Å²) in [5.41, 5.74) is 6.78. The smallest absolute Gasteiger partial charge is 0.175 e. The Bertz CT molecular complexity index is 549. The van der Waals surface area contributed by atoms with Crippen LogP contribution in [0, 0.1) is 0 Å². The van der Waals surface area contributed by atoms with Crippen LogP contribution in [0.4, 0.5) is 0 Å². The third-order valence-corrected chi connectivity index (χ3v) is 3.79. The lowest BCUT2D eigenvalue weighted by molar-refractivity contribution is 0.225. The average Bonchev–Trinajstić information content (AvgIpc) is 2.80. The van der Waals surface area contributed by atoms with Crippen LogP contribution in [0.25, 0.3) is 0 Å². The van der Waals surface area contributed by atoms with Gasteiger partial charge in [0.1, 0.15) is 5.76 Å². The molecule has 2 N–H and O–H groups in total. The molecule has 0 aliphatic carbocycles. The predicted octanol–water partition coefficient (Wildman–Crippen LogP) is 1.39. The van der Waals surface area contributed by atoms with Crippen molar-refractivity contribution in [2.75, 3.05) is 12.9 Å². The quantitative estimate of drug-likeness (QED) is 0.884. The number of sulfone groups is 1. The van der Waals surface area contributed by atoms with Gasteiger partial charge >= 0.3 is 0 Å². The van der Waals surface area contributed by atoms with Crippen molar-refractivity contribution in [2.45, 2.75) is 17.4 Å². The standard InChI is InChI=1S/C12H15NO3S/c1-17(14,15)10-5-2-4-9(8-10)12(13)11-6-3-7-16-11/h2,4-6,8,12H,3,7,13H2,1H3. The highest BCUT2D eigenvalue weighted by atomic mass is 32.2. The number of benzene rings is 1. The fourth-order valence-electron chi connectivity index (χ4n) is 1.76. The summed E-state index contributed by atoms with van der Waals surface area (Å²) in [6.45, 7) is 0.648. The lowest BCUT2D eigenvalue weighted by atomic mass is 10.1. The third kappa shape index (κ3) is 2.68. The molecule has 0 saturated carbocycles. The van der Waals surface area contributed by atoms with E-state index in [0.717, 1.165) is 17.7 Å². The maximum absolute atomic E-state index is 11.4. The minimum absolute atomic E-state index is 0.282. The Morgan fingerprint density at radius 2 is 2.18 bits per heavy atom. The number of nitrogens with two attached hydrogens (primary N) is 1. The molecular formula is C12H15NO3S. The van der Waals surface area contributed by atoms with Gasteiger partial charge in [0.05, 0.1) is 17.5 Å². The topological polar surface area (TPSA) is 69.4 Å². The first-order valence-electron chi connectivity index (χ1n) is 5.37. The monoisotopic (exact) mass is 253 g/mol. The zero-order valence-electron chi connectivity index (χ0n) is 9.59. The molecule has 17 heavy (non-hydrogen) atoms. The van der Waals surface area contributed by atoms with E-state index < -0.39 is 9.84 Å². The maximum Gasteiger partial charge on any atom is 0.175 e. The van der Waals surface area contributed by atoms with E-state index in [9.17, 15) is 8.42 Å². The van der Waals surface area contributed by atoms with Gasteiger partial charge in [-0.2, -0.15) is 0 Å². The normalized spacial score (nSPS) is 17.4. The molecule has 2 rings (SSSR count). The highest BCUT2D eigenvalue weighted by molar-refractivity contribution is 7.90. The van der Waals surface area contributed by atoms with Crippen molar-refractivity contribution in [3.05, 3.63) is 41.7 Å². The van der Waals surface area contributed by atoms with Crippen LogP contribution >= 0.6 is 0 Å². The van der Waals surface area contributed by atoms with Crippen LogP contribution in [-0.2, 0) is 14.6 Å². The van der Waals surface area contributed by atoms with E-state index in [-0.39, 0.29) is 10.9 Å². The second-order valence-electron chi connectivity index (χ2n) is 4.07. The van der Waals surface area contributed by atoms with Gasteiger partial charge in [-0.15, -0.1) is 0 Å². The summed E-state index contributed by atoms with van der Waals surface area (Å²) in [5.74, 6) is 0.718. The summed E-state index contributed by atoms with van der Waals surface area (Å²) in [7, 11) is -3.20. The molecule has 92 valence electrons. The van der Waals surface area contributed by atoms with Crippen molar-refractivity contribution in [3.63, 3.8) is 0 Å². The van der Waals surface area contributed by atoms with E-state index in [2.05, 4.69) is 0 Å². The summed E-state index contributed by atoms with van der Waals surface area (Å²) >= 11 is 0. The molecule has 1 aliphatic heterocycles. The Hall–Kier alpha value is -1.33. The molecule has 0 spiro atoms. The van der Waals surface area contributed by atoms with Gasteiger partial charge in [0, 0.05) is 12.7 Å². The van der Waals surface area contributed by atoms with Crippen molar-refractivity contribution < 1.29 is 13.2 Å². The molecule has 1 aromatic carbocycles. The van der Waals surface area contributed by atoms with Crippen LogP contribution in [0.15, 0.2) is 41.0 Å². The highest BCUT2D eigenvalue weighted by Crippen LogP contribution is 2.25. The van der Waals surface area contributed by atoms with Gasteiger partial charge in [-0.05, 0) is 23.8 Å². The predicted molar refractivity (Wildman–Crippen MR) is 65.1 cm³/mol. The fourth-order valence-corrected chi connectivity index (χ4v) is 2.43. The van der Waals surface area contributed by atoms with E-state index in [4.69, 9.17) is 10.5 Å². The van der Waals surface area contributed by atoms with Crippen molar-refractivity contribution in [2.24, 2.45) is 5.73 Å². The fraction of sp³-hybridized carbons (Fsp3) is 0.333. The molecule has 0 fully saturated rings. The van der Waals surface area contributed by atoms with Crippen LogP contribution in [0.5, 0.6) is 0 Å². The van der Waals surface area contributed by atoms with Gasteiger partial charge in [-0.3, -0.25) is 0 Å². The van der Waals surface area contributed by atoms with Crippen LogP contribution in [-0.4, -0.2) is 21.3 Å². The molecule has 4 nitrogen and oxygen atoms in total. The van der Waals surface area contributed by atoms with Crippen molar-refractivity contribution in [1.29, 1.82) is 0 Å². The molecule has 1 aromatic rings. The minimum Gasteiger partial charge on any atom is -0.496 e. The van der Waals surface area contributed by atoms with E-state index in [1.807, 2.05) is 12.1 Å². The van der Waals surface area contributed by atoms with Crippen molar-refractivity contribution >= 4 is 9.84 Å². The second-order valence-corrected chi connectivity index (χ2v) is 6.08. The third-order valence-electron chi connectivity index (χ3n) is 2.68. The molecule has 0 amide bonds. The molecule has 0 bridgehead atoms.